The van der Waals surface area contributed by atoms with E-state index in [0.29, 0.717) is 27.4 Å². The third-order valence-corrected chi connectivity index (χ3v) is 2.78. The summed E-state index contributed by atoms with van der Waals surface area (Å²) in [6.07, 6.45) is 1.60. The van der Waals surface area contributed by atoms with Crippen LogP contribution in [-0.4, -0.2) is 10.2 Å². The molecule has 0 spiro atoms. The number of aromatic nitrogens is 2. The molecule has 1 heterocycles. The highest BCUT2D eigenvalue weighted by atomic mass is 79.9. The second-order valence-corrected chi connectivity index (χ2v) is 3.84. The van der Waals surface area contributed by atoms with Crippen LogP contribution < -0.4 is 11.5 Å². The monoisotopic (exact) mass is 280 g/mol. The molecule has 0 unspecified atom stereocenters. The van der Waals surface area contributed by atoms with E-state index in [2.05, 4.69) is 36.4 Å². The highest BCUT2D eigenvalue weighted by Gasteiger charge is 2.05. The van der Waals surface area contributed by atoms with Crippen molar-refractivity contribution in [3.63, 3.8) is 0 Å². The fourth-order valence-corrected chi connectivity index (χ4v) is 1.53. The Morgan fingerprint density at radius 3 is 2.69 bits per heavy atom. The zero-order valence-corrected chi connectivity index (χ0v) is 9.77. The summed E-state index contributed by atoms with van der Waals surface area (Å²) in [4.78, 5) is 0. The van der Waals surface area contributed by atoms with Crippen LogP contribution in [0.3, 0.4) is 0 Å². The third-order valence-electron chi connectivity index (χ3n) is 1.94. The van der Waals surface area contributed by atoms with Gasteiger partial charge >= 0.3 is 0 Å². The van der Waals surface area contributed by atoms with Gasteiger partial charge in [-0.2, -0.15) is 5.10 Å². The Bertz CT molecular complexity index is 519. The summed E-state index contributed by atoms with van der Waals surface area (Å²) in [6, 6.07) is 5.12. The Hall–Kier alpha value is -1.89. The molecular formula is C9H9BrN6. The molecule has 0 aliphatic rings. The fourth-order valence-electron chi connectivity index (χ4n) is 1.09. The van der Waals surface area contributed by atoms with Gasteiger partial charge in [0.25, 0.3) is 0 Å². The molecule has 6 nitrogen and oxygen atoms in total. The van der Waals surface area contributed by atoms with E-state index in [1.54, 1.807) is 24.4 Å². The predicted molar refractivity (Wildman–Crippen MR) is 65.7 cm³/mol. The van der Waals surface area contributed by atoms with Crippen LogP contribution in [0.15, 0.2) is 39.1 Å². The maximum absolute atomic E-state index is 5.74. The number of halogens is 1. The number of nitrogens with one attached hydrogen (secondary N) is 1. The second kappa shape index (κ2) is 4.31. The first-order chi connectivity index (χ1) is 7.68. The topological polar surface area (TPSA) is 105 Å². The molecule has 0 aliphatic heterocycles. The summed E-state index contributed by atoms with van der Waals surface area (Å²) in [5.41, 5.74) is 13.0. The minimum Gasteiger partial charge on any atom is -0.397 e. The van der Waals surface area contributed by atoms with Crippen molar-refractivity contribution in [2.45, 2.75) is 0 Å². The lowest BCUT2D eigenvalue weighted by atomic mass is 10.2. The van der Waals surface area contributed by atoms with Gasteiger partial charge in [-0.25, -0.2) is 0 Å². The van der Waals surface area contributed by atoms with Crippen molar-refractivity contribution in [2.75, 3.05) is 11.5 Å². The van der Waals surface area contributed by atoms with Crippen LogP contribution in [0.1, 0.15) is 0 Å². The van der Waals surface area contributed by atoms with Crippen LogP contribution in [0.5, 0.6) is 0 Å². The van der Waals surface area contributed by atoms with Gasteiger partial charge in [0.1, 0.15) is 5.69 Å². The van der Waals surface area contributed by atoms with Crippen molar-refractivity contribution in [1.29, 1.82) is 0 Å². The second-order valence-electron chi connectivity index (χ2n) is 3.04. The summed E-state index contributed by atoms with van der Waals surface area (Å²) in [7, 11) is 0. The largest absolute Gasteiger partial charge is 0.397 e. The molecule has 0 radical (unpaired) electrons. The van der Waals surface area contributed by atoms with Gasteiger partial charge in [-0.05, 0) is 28.1 Å². The molecule has 0 aliphatic carbocycles. The number of hydrogen-bond acceptors (Lipinski definition) is 5. The number of H-pyrrole nitrogens is 1. The Morgan fingerprint density at radius 2 is 2.00 bits per heavy atom. The minimum atomic E-state index is 0.459. The van der Waals surface area contributed by atoms with E-state index in [1.165, 1.54) is 0 Å². The van der Waals surface area contributed by atoms with Gasteiger partial charge in [-0.15, -0.1) is 10.2 Å². The van der Waals surface area contributed by atoms with Crippen LogP contribution in [0.25, 0.3) is 0 Å². The fraction of sp³-hybridized carbons (Fsp3) is 0. The van der Waals surface area contributed by atoms with Crippen LogP contribution in [0.4, 0.5) is 22.9 Å². The molecule has 5 N–H and O–H groups in total. The Morgan fingerprint density at radius 1 is 1.19 bits per heavy atom. The van der Waals surface area contributed by atoms with E-state index in [0.717, 1.165) is 0 Å². The van der Waals surface area contributed by atoms with Crippen molar-refractivity contribution >= 4 is 38.8 Å². The molecule has 0 saturated carbocycles. The van der Waals surface area contributed by atoms with E-state index >= 15 is 0 Å². The van der Waals surface area contributed by atoms with Gasteiger partial charge < -0.3 is 11.5 Å². The Labute approximate surface area is 99.9 Å². The quantitative estimate of drug-likeness (QED) is 0.582. The number of nitrogen functional groups attached to an aromatic ring is 2. The maximum Gasteiger partial charge on any atom is 0.170 e. The van der Waals surface area contributed by atoms with Crippen LogP contribution in [-0.2, 0) is 0 Å². The van der Waals surface area contributed by atoms with E-state index < -0.39 is 0 Å². The summed E-state index contributed by atoms with van der Waals surface area (Å²) >= 11 is 3.31. The molecule has 7 heteroatoms. The summed E-state index contributed by atoms with van der Waals surface area (Å²) < 4.78 is 0.635. The van der Waals surface area contributed by atoms with Gasteiger partial charge in [-0.3, -0.25) is 5.10 Å². The average Bonchev–Trinajstić information content (AvgIpc) is 2.78. The zero-order chi connectivity index (χ0) is 11.5. The lowest BCUT2D eigenvalue weighted by Crippen LogP contribution is -1.94. The molecule has 0 fully saturated rings. The maximum atomic E-state index is 5.74. The van der Waals surface area contributed by atoms with E-state index in [9.17, 15) is 0 Å². The predicted octanol–water partition coefficient (Wildman–Crippen LogP) is 2.75. The Kier molecular flexibility index (Phi) is 2.86. The molecule has 0 saturated heterocycles. The molecule has 0 amide bonds. The number of rotatable bonds is 2. The number of nitrogens with two attached hydrogens (primary N) is 2. The standard InChI is InChI=1S/C9H9BrN6/c10-8-6(2-1-5(11)9(8)12)14-16-7-3-4-13-15-7/h1-4H,11-12H2,(H,13,15). The van der Waals surface area contributed by atoms with Crippen molar-refractivity contribution < 1.29 is 0 Å². The first-order valence-corrected chi connectivity index (χ1v) is 5.22. The number of nitrogens with zero attached hydrogens (tertiary/aromatic N) is 3. The first-order valence-electron chi connectivity index (χ1n) is 4.43. The van der Waals surface area contributed by atoms with Crippen LogP contribution >= 0.6 is 15.9 Å². The molecule has 82 valence electrons. The van der Waals surface area contributed by atoms with Gasteiger partial charge in [-0.1, -0.05) is 0 Å². The molecule has 0 bridgehead atoms. The van der Waals surface area contributed by atoms with E-state index in [-0.39, 0.29) is 0 Å². The van der Waals surface area contributed by atoms with Crippen molar-refractivity contribution in [1.82, 2.24) is 10.2 Å². The van der Waals surface area contributed by atoms with Crippen molar-refractivity contribution in [2.24, 2.45) is 10.2 Å². The van der Waals surface area contributed by atoms with E-state index in [4.69, 9.17) is 11.5 Å². The van der Waals surface area contributed by atoms with Gasteiger partial charge in [0.15, 0.2) is 5.82 Å². The van der Waals surface area contributed by atoms with Gasteiger partial charge in [0.2, 0.25) is 0 Å². The molecule has 1 aromatic heterocycles. The molecular weight excluding hydrogens is 272 g/mol. The van der Waals surface area contributed by atoms with Crippen LogP contribution in [0.2, 0.25) is 0 Å². The first kappa shape index (κ1) is 10.6. The molecule has 2 rings (SSSR count). The lowest BCUT2D eigenvalue weighted by Gasteiger charge is -2.04. The lowest BCUT2D eigenvalue weighted by molar-refractivity contribution is 1.05. The van der Waals surface area contributed by atoms with Gasteiger partial charge in [0.05, 0.1) is 22.0 Å². The van der Waals surface area contributed by atoms with Crippen LogP contribution in [0, 0.1) is 0 Å². The molecule has 2 aromatic rings. The summed E-state index contributed by atoms with van der Waals surface area (Å²) in [5.74, 6) is 0.572. The summed E-state index contributed by atoms with van der Waals surface area (Å²) in [5, 5.41) is 14.4. The highest BCUT2D eigenvalue weighted by molar-refractivity contribution is 9.10. The SMILES string of the molecule is Nc1ccc(N=Nc2ccn[nH]2)c(Br)c1N. The molecule has 0 atom stereocenters. The average molecular weight is 281 g/mol. The van der Waals surface area contributed by atoms with E-state index in [1.807, 2.05) is 0 Å². The van der Waals surface area contributed by atoms with Gasteiger partial charge in [0, 0.05) is 6.07 Å². The summed E-state index contributed by atoms with van der Waals surface area (Å²) in [6.45, 7) is 0. The normalized spacial score (nSPS) is 11.1. The smallest absolute Gasteiger partial charge is 0.170 e. The number of benzene rings is 1. The number of hydrogen-bond donors (Lipinski definition) is 3. The molecule has 16 heavy (non-hydrogen) atoms. The van der Waals surface area contributed by atoms with Crippen molar-refractivity contribution in [3.8, 4) is 0 Å². The zero-order valence-electron chi connectivity index (χ0n) is 8.18. The number of aromatic amines is 1. The van der Waals surface area contributed by atoms with Crippen molar-refractivity contribution in [3.05, 3.63) is 28.9 Å². The Balaban J connectivity index is 2.32. The molecule has 1 aromatic carbocycles. The number of azo groups is 1. The third kappa shape index (κ3) is 2.03. The number of anilines is 2. The highest BCUT2D eigenvalue weighted by Crippen LogP contribution is 2.35. The minimum absolute atomic E-state index is 0.459.